The van der Waals surface area contributed by atoms with Crippen LogP contribution in [0.25, 0.3) is 0 Å². The highest BCUT2D eigenvalue weighted by molar-refractivity contribution is 5.80. The van der Waals surface area contributed by atoms with E-state index in [1.165, 1.54) is 12.8 Å². The maximum Gasteiger partial charge on any atom is 0.226 e. The first kappa shape index (κ1) is 20.4. The Hall–Kier alpha value is -1.92. The van der Waals surface area contributed by atoms with Crippen molar-refractivity contribution in [1.29, 1.82) is 0 Å². The number of hydrogen-bond donors (Lipinski definition) is 0. The van der Waals surface area contributed by atoms with Crippen molar-refractivity contribution in [1.82, 2.24) is 14.7 Å². The number of carbonyl (C=O) groups excluding carboxylic acids is 2. The highest BCUT2D eigenvalue weighted by atomic mass is 16.5. The molecule has 3 aliphatic heterocycles. The van der Waals surface area contributed by atoms with Gasteiger partial charge in [0.2, 0.25) is 11.8 Å². The maximum atomic E-state index is 13.5. The quantitative estimate of drug-likeness (QED) is 0.780. The fourth-order valence-electron chi connectivity index (χ4n) is 5.07. The highest BCUT2D eigenvalue weighted by Gasteiger charge is 2.40. The molecular formula is C23H33N3O3. The number of carbonyl (C=O) groups is 2. The number of ether oxygens (including phenoxy) is 1. The van der Waals surface area contributed by atoms with Crippen LogP contribution < -0.4 is 0 Å². The van der Waals surface area contributed by atoms with Crippen LogP contribution in [0.3, 0.4) is 0 Å². The number of benzene rings is 1. The zero-order valence-electron chi connectivity index (χ0n) is 17.5. The summed E-state index contributed by atoms with van der Waals surface area (Å²) in [5.74, 6) is 0.342. The smallest absolute Gasteiger partial charge is 0.226 e. The van der Waals surface area contributed by atoms with Gasteiger partial charge >= 0.3 is 0 Å². The Morgan fingerprint density at radius 1 is 1.00 bits per heavy atom. The number of hydrogen-bond acceptors (Lipinski definition) is 4. The number of morpholine rings is 1. The Labute approximate surface area is 173 Å². The Morgan fingerprint density at radius 2 is 1.69 bits per heavy atom. The van der Waals surface area contributed by atoms with E-state index < -0.39 is 0 Å². The lowest BCUT2D eigenvalue weighted by molar-refractivity contribution is -0.154. The summed E-state index contributed by atoms with van der Waals surface area (Å²) in [5.41, 5.74) is 1.16. The summed E-state index contributed by atoms with van der Waals surface area (Å²) in [6.07, 6.45) is 4.02. The van der Waals surface area contributed by atoms with E-state index in [-0.39, 0.29) is 29.9 Å². The molecule has 0 spiro atoms. The second-order valence-corrected chi connectivity index (χ2v) is 8.58. The van der Waals surface area contributed by atoms with Gasteiger partial charge in [-0.2, -0.15) is 0 Å². The Balaban J connectivity index is 1.51. The topological polar surface area (TPSA) is 53.1 Å². The monoisotopic (exact) mass is 399 g/mol. The molecule has 3 fully saturated rings. The molecule has 3 aliphatic rings. The van der Waals surface area contributed by atoms with E-state index in [1.54, 1.807) is 6.92 Å². The first-order chi connectivity index (χ1) is 14.1. The zero-order valence-corrected chi connectivity index (χ0v) is 17.5. The van der Waals surface area contributed by atoms with Gasteiger partial charge in [0.1, 0.15) is 0 Å². The fourth-order valence-corrected chi connectivity index (χ4v) is 5.07. The van der Waals surface area contributed by atoms with Crippen molar-refractivity contribution >= 4 is 11.8 Å². The minimum absolute atomic E-state index is 0.00217. The average molecular weight is 400 g/mol. The molecular weight excluding hydrogens is 366 g/mol. The molecule has 29 heavy (non-hydrogen) atoms. The van der Waals surface area contributed by atoms with Crippen molar-refractivity contribution in [2.75, 3.05) is 45.9 Å². The number of nitrogens with zero attached hydrogens (tertiary/aromatic N) is 3. The highest BCUT2D eigenvalue weighted by Crippen LogP contribution is 2.33. The van der Waals surface area contributed by atoms with Crippen LogP contribution >= 0.6 is 0 Å². The molecule has 158 valence electrons. The summed E-state index contributed by atoms with van der Waals surface area (Å²) in [7, 11) is 0. The van der Waals surface area contributed by atoms with E-state index in [2.05, 4.69) is 21.9 Å². The summed E-state index contributed by atoms with van der Waals surface area (Å²) < 4.78 is 6.23. The van der Waals surface area contributed by atoms with Crippen LogP contribution in [0.5, 0.6) is 0 Å². The van der Waals surface area contributed by atoms with Crippen molar-refractivity contribution in [2.45, 2.75) is 44.8 Å². The van der Waals surface area contributed by atoms with Gasteiger partial charge in [0.25, 0.3) is 0 Å². The maximum absolute atomic E-state index is 13.5. The molecule has 0 radical (unpaired) electrons. The van der Waals surface area contributed by atoms with Gasteiger partial charge < -0.3 is 19.4 Å². The van der Waals surface area contributed by atoms with Crippen LogP contribution in [0.4, 0.5) is 0 Å². The molecule has 0 aromatic heterocycles. The molecule has 3 saturated heterocycles. The van der Waals surface area contributed by atoms with Crippen molar-refractivity contribution in [3.8, 4) is 0 Å². The SMILES string of the molecule is CC(=O)N1CCC(C(=O)N2CCO[C@@H](CN3CCCC3)[C@@H]2c2ccccc2)CC1. The molecule has 4 rings (SSSR count). The normalized spacial score (nSPS) is 26.7. The van der Waals surface area contributed by atoms with Crippen molar-refractivity contribution in [2.24, 2.45) is 5.92 Å². The van der Waals surface area contributed by atoms with E-state index in [9.17, 15) is 9.59 Å². The largest absolute Gasteiger partial charge is 0.373 e. The standard InChI is InChI=1S/C23H33N3O3/c1-18(27)25-13-9-20(10-14-25)23(28)26-15-16-29-21(17-24-11-5-6-12-24)22(26)19-7-3-2-4-8-19/h2-4,7-8,20-22H,5-6,9-17H2,1H3/t21-,22-/m0/s1. The van der Waals surface area contributed by atoms with Crippen LogP contribution in [0, 0.1) is 5.92 Å². The van der Waals surface area contributed by atoms with Crippen LogP contribution in [-0.2, 0) is 14.3 Å². The molecule has 2 atom stereocenters. The van der Waals surface area contributed by atoms with Crippen molar-refractivity contribution in [3.05, 3.63) is 35.9 Å². The second kappa shape index (κ2) is 9.26. The number of piperidine rings is 1. The molecule has 0 saturated carbocycles. The summed E-state index contributed by atoms with van der Waals surface area (Å²) in [6.45, 7) is 7.34. The lowest BCUT2D eigenvalue weighted by Crippen LogP contribution is -2.54. The third-order valence-electron chi connectivity index (χ3n) is 6.70. The molecule has 0 unspecified atom stereocenters. The molecule has 6 nitrogen and oxygen atoms in total. The average Bonchev–Trinajstić information content (AvgIpc) is 3.27. The molecule has 1 aromatic rings. The van der Waals surface area contributed by atoms with E-state index in [0.717, 1.165) is 38.0 Å². The van der Waals surface area contributed by atoms with E-state index in [4.69, 9.17) is 4.74 Å². The molecule has 0 aliphatic carbocycles. The number of likely N-dealkylation sites (tertiary alicyclic amines) is 2. The molecule has 0 bridgehead atoms. The minimum atomic E-state index is -0.0381. The van der Waals surface area contributed by atoms with Gasteiger partial charge in [-0.3, -0.25) is 9.59 Å². The van der Waals surface area contributed by atoms with Gasteiger partial charge in [0.05, 0.1) is 18.8 Å². The van der Waals surface area contributed by atoms with Crippen LogP contribution in [0.15, 0.2) is 30.3 Å². The Kier molecular flexibility index (Phi) is 6.50. The van der Waals surface area contributed by atoms with Crippen molar-refractivity contribution in [3.63, 3.8) is 0 Å². The van der Waals surface area contributed by atoms with E-state index in [0.29, 0.717) is 26.2 Å². The van der Waals surface area contributed by atoms with Gasteiger partial charge in [-0.25, -0.2) is 0 Å². The summed E-state index contributed by atoms with van der Waals surface area (Å²) in [4.78, 5) is 31.6. The lowest BCUT2D eigenvalue weighted by Gasteiger charge is -2.44. The first-order valence-electron chi connectivity index (χ1n) is 11.1. The lowest BCUT2D eigenvalue weighted by atomic mass is 9.91. The minimum Gasteiger partial charge on any atom is -0.373 e. The first-order valence-corrected chi connectivity index (χ1v) is 11.1. The molecule has 3 heterocycles. The predicted octanol–water partition coefficient (Wildman–Crippen LogP) is 2.31. The Morgan fingerprint density at radius 3 is 2.34 bits per heavy atom. The predicted molar refractivity (Wildman–Crippen MR) is 111 cm³/mol. The van der Waals surface area contributed by atoms with Gasteiger partial charge in [0.15, 0.2) is 0 Å². The van der Waals surface area contributed by atoms with E-state index in [1.807, 2.05) is 23.1 Å². The summed E-state index contributed by atoms with van der Waals surface area (Å²) in [5, 5.41) is 0. The molecule has 6 heteroatoms. The third-order valence-corrected chi connectivity index (χ3v) is 6.70. The van der Waals surface area contributed by atoms with Gasteiger partial charge in [0, 0.05) is 39.0 Å². The van der Waals surface area contributed by atoms with Gasteiger partial charge in [-0.15, -0.1) is 0 Å². The summed E-state index contributed by atoms with van der Waals surface area (Å²) in [6, 6.07) is 10.3. The second-order valence-electron chi connectivity index (χ2n) is 8.58. The van der Waals surface area contributed by atoms with Crippen LogP contribution in [0.1, 0.15) is 44.2 Å². The van der Waals surface area contributed by atoms with Gasteiger partial charge in [-0.05, 0) is 44.3 Å². The molecule has 0 N–H and O–H groups in total. The van der Waals surface area contributed by atoms with Crippen LogP contribution in [0.2, 0.25) is 0 Å². The Bertz CT molecular complexity index is 697. The third kappa shape index (κ3) is 4.64. The van der Waals surface area contributed by atoms with Crippen LogP contribution in [-0.4, -0.2) is 78.5 Å². The molecule has 1 aromatic carbocycles. The number of amides is 2. The summed E-state index contributed by atoms with van der Waals surface area (Å²) >= 11 is 0. The van der Waals surface area contributed by atoms with Crippen molar-refractivity contribution < 1.29 is 14.3 Å². The molecule has 2 amide bonds. The van der Waals surface area contributed by atoms with Gasteiger partial charge in [-0.1, -0.05) is 30.3 Å². The number of rotatable bonds is 4. The van der Waals surface area contributed by atoms with E-state index >= 15 is 0 Å². The zero-order chi connectivity index (χ0) is 20.2. The fraction of sp³-hybridized carbons (Fsp3) is 0.652.